The van der Waals surface area contributed by atoms with Crippen molar-refractivity contribution in [2.75, 3.05) is 0 Å². The van der Waals surface area contributed by atoms with E-state index in [4.69, 9.17) is 11.6 Å². The van der Waals surface area contributed by atoms with Crippen molar-refractivity contribution in [1.29, 1.82) is 0 Å². The van der Waals surface area contributed by atoms with Crippen LogP contribution in [0.3, 0.4) is 0 Å². The zero-order valence-corrected chi connectivity index (χ0v) is 7.66. The van der Waals surface area contributed by atoms with E-state index in [9.17, 15) is 4.79 Å². The van der Waals surface area contributed by atoms with Gasteiger partial charge in [0.1, 0.15) is 0 Å². The van der Waals surface area contributed by atoms with Crippen molar-refractivity contribution in [3.05, 3.63) is 47.1 Å². The number of halogens is 1. The van der Waals surface area contributed by atoms with Crippen molar-refractivity contribution < 1.29 is 4.79 Å². The molecular formula is C10H8ClNO. The highest BCUT2D eigenvalue weighted by atomic mass is 35.5. The van der Waals surface area contributed by atoms with Crippen LogP contribution in [0.5, 0.6) is 0 Å². The molecule has 0 aliphatic carbocycles. The fourth-order valence-electron chi connectivity index (χ4n) is 0.927. The number of carbonyl (C=O) groups excluding carboxylic acids is 1. The van der Waals surface area contributed by atoms with Gasteiger partial charge in [-0.3, -0.25) is 0 Å². The van der Waals surface area contributed by atoms with Crippen LogP contribution >= 0.6 is 11.6 Å². The largest absolute Gasteiger partial charge is 0.239 e. The van der Waals surface area contributed by atoms with Crippen LogP contribution in [0.2, 0.25) is 5.02 Å². The van der Waals surface area contributed by atoms with E-state index in [1.807, 2.05) is 24.3 Å². The molecule has 1 aromatic carbocycles. The molecule has 0 N–H and O–H groups in total. The molecule has 0 fully saturated rings. The number of allylic oxidation sites excluding steroid dienone is 1. The molecule has 0 saturated heterocycles. The SMILES string of the molecule is O=C=N/C=C\Cc1ccccc1Cl. The summed E-state index contributed by atoms with van der Waals surface area (Å²) in [5, 5.41) is 0.724. The van der Waals surface area contributed by atoms with E-state index in [0.717, 1.165) is 10.6 Å². The molecule has 0 atom stereocenters. The van der Waals surface area contributed by atoms with Gasteiger partial charge in [0.25, 0.3) is 0 Å². The van der Waals surface area contributed by atoms with Gasteiger partial charge in [0.2, 0.25) is 6.08 Å². The molecule has 0 unspecified atom stereocenters. The summed E-state index contributed by atoms with van der Waals surface area (Å²) >= 11 is 5.90. The first-order valence-corrected chi connectivity index (χ1v) is 4.18. The third kappa shape index (κ3) is 3.24. The number of isocyanates is 1. The molecule has 13 heavy (non-hydrogen) atoms. The second-order valence-electron chi connectivity index (χ2n) is 2.40. The van der Waals surface area contributed by atoms with E-state index in [-0.39, 0.29) is 0 Å². The average Bonchev–Trinajstić information content (AvgIpc) is 2.15. The minimum atomic E-state index is 0.671. The van der Waals surface area contributed by atoms with Gasteiger partial charge in [-0.2, -0.15) is 4.99 Å². The second kappa shape index (κ2) is 5.31. The van der Waals surface area contributed by atoms with Crippen LogP contribution in [0.25, 0.3) is 0 Å². The Morgan fingerprint density at radius 3 is 2.92 bits per heavy atom. The van der Waals surface area contributed by atoms with E-state index < -0.39 is 0 Å². The van der Waals surface area contributed by atoms with Gasteiger partial charge in [0, 0.05) is 11.2 Å². The second-order valence-corrected chi connectivity index (χ2v) is 2.81. The predicted molar refractivity (Wildman–Crippen MR) is 52.4 cm³/mol. The van der Waals surface area contributed by atoms with Gasteiger partial charge in [-0.15, -0.1) is 0 Å². The van der Waals surface area contributed by atoms with Crippen molar-refractivity contribution in [2.45, 2.75) is 6.42 Å². The van der Waals surface area contributed by atoms with Crippen LogP contribution in [0.1, 0.15) is 5.56 Å². The summed E-state index contributed by atoms with van der Waals surface area (Å²) in [4.78, 5) is 13.0. The fourth-order valence-corrected chi connectivity index (χ4v) is 1.14. The summed E-state index contributed by atoms with van der Waals surface area (Å²) in [6, 6.07) is 7.54. The van der Waals surface area contributed by atoms with E-state index in [1.165, 1.54) is 12.3 Å². The highest BCUT2D eigenvalue weighted by Crippen LogP contribution is 2.15. The number of rotatable bonds is 3. The maximum Gasteiger partial charge on any atom is 0.239 e. The van der Waals surface area contributed by atoms with Gasteiger partial charge < -0.3 is 0 Å². The lowest BCUT2D eigenvalue weighted by Gasteiger charge is -1.97. The normalized spacial score (nSPS) is 9.92. The lowest BCUT2D eigenvalue weighted by Crippen LogP contribution is -1.80. The van der Waals surface area contributed by atoms with Gasteiger partial charge in [-0.25, -0.2) is 4.79 Å². The molecule has 0 saturated carbocycles. The Balaban J connectivity index is 2.64. The molecule has 3 heteroatoms. The first kappa shape index (κ1) is 9.72. The Labute approximate surface area is 81.6 Å². The summed E-state index contributed by atoms with van der Waals surface area (Å²) in [6.07, 6.45) is 5.26. The topological polar surface area (TPSA) is 29.4 Å². The van der Waals surface area contributed by atoms with Crippen LogP contribution in [0.15, 0.2) is 41.5 Å². The number of benzene rings is 1. The summed E-state index contributed by atoms with van der Waals surface area (Å²) in [7, 11) is 0. The third-order valence-electron chi connectivity index (χ3n) is 1.53. The van der Waals surface area contributed by atoms with Crippen molar-refractivity contribution in [3.8, 4) is 0 Å². The molecule has 66 valence electrons. The number of hydrogen-bond acceptors (Lipinski definition) is 2. The molecule has 1 aromatic rings. The van der Waals surface area contributed by atoms with Gasteiger partial charge in [-0.05, 0) is 18.1 Å². The van der Waals surface area contributed by atoms with Gasteiger partial charge >= 0.3 is 0 Å². The Morgan fingerprint density at radius 1 is 1.46 bits per heavy atom. The zero-order chi connectivity index (χ0) is 9.52. The Morgan fingerprint density at radius 2 is 2.23 bits per heavy atom. The highest BCUT2D eigenvalue weighted by molar-refractivity contribution is 6.31. The summed E-state index contributed by atoms with van der Waals surface area (Å²) in [5.74, 6) is 0. The molecular weight excluding hydrogens is 186 g/mol. The first-order chi connectivity index (χ1) is 6.34. The summed E-state index contributed by atoms with van der Waals surface area (Å²) in [5.41, 5.74) is 1.02. The van der Waals surface area contributed by atoms with Crippen molar-refractivity contribution in [3.63, 3.8) is 0 Å². The Bertz CT molecular complexity index is 354. The standard InChI is InChI=1S/C10H8ClNO/c11-10-6-2-1-4-9(10)5-3-7-12-8-13/h1-4,6-7H,5H2/b7-3-. The fraction of sp³-hybridized carbons (Fsp3) is 0.100. The van der Waals surface area contributed by atoms with Crippen molar-refractivity contribution in [2.24, 2.45) is 4.99 Å². The van der Waals surface area contributed by atoms with Crippen molar-refractivity contribution in [1.82, 2.24) is 0 Å². The average molecular weight is 194 g/mol. The molecule has 0 amide bonds. The predicted octanol–water partition coefficient (Wildman–Crippen LogP) is 2.73. The van der Waals surface area contributed by atoms with E-state index in [2.05, 4.69) is 4.99 Å². The lowest BCUT2D eigenvalue weighted by molar-refractivity contribution is 0.565. The monoisotopic (exact) mass is 193 g/mol. The molecule has 0 heterocycles. The molecule has 1 rings (SSSR count). The van der Waals surface area contributed by atoms with Crippen molar-refractivity contribution >= 4 is 17.7 Å². The van der Waals surface area contributed by atoms with Crippen LogP contribution < -0.4 is 0 Å². The molecule has 0 radical (unpaired) electrons. The minimum absolute atomic E-state index is 0.671. The van der Waals surface area contributed by atoms with Gasteiger partial charge in [-0.1, -0.05) is 35.9 Å². The Hall–Kier alpha value is -1.37. The van der Waals surface area contributed by atoms with E-state index in [0.29, 0.717) is 6.42 Å². The number of aliphatic imine (C=N–C) groups is 1. The maximum atomic E-state index is 9.71. The highest BCUT2D eigenvalue weighted by Gasteiger charge is 1.94. The van der Waals surface area contributed by atoms with Crippen LogP contribution in [-0.4, -0.2) is 6.08 Å². The first-order valence-electron chi connectivity index (χ1n) is 3.80. The molecule has 0 aliphatic heterocycles. The smallest absolute Gasteiger partial charge is 0.211 e. The summed E-state index contributed by atoms with van der Waals surface area (Å²) in [6.45, 7) is 0. The van der Waals surface area contributed by atoms with Gasteiger partial charge in [0.15, 0.2) is 0 Å². The third-order valence-corrected chi connectivity index (χ3v) is 1.90. The van der Waals surface area contributed by atoms with Crippen LogP contribution in [0.4, 0.5) is 0 Å². The number of hydrogen-bond donors (Lipinski definition) is 0. The molecule has 0 spiro atoms. The lowest BCUT2D eigenvalue weighted by atomic mass is 10.1. The summed E-state index contributed by atoms with van der Waals surface area (Å²) < 4.78 is 0. The van der Waals surface area contributed by atoms with Gasteiger partial charge in [0.05, 0.1) is 0 Å². The molecule has 0 bridgehead atoms. The minimum Gasteiger partial charge on any atom is -0.211 e. The molecule has 2 nitrogen and oxygen atoms in total. The van der Waals surface area contributed by atoms with Crippen LogP contribution in [-0.2, 0) is 11.2 Å². The maximum absolute atomic E-state index is 9.71. The van der Waals surface area contributed by atoms with E-state index in [1.54, 1.807) is 6.08 Å². The van der Waals surface area contributed by atoms with E-state index >= 15 is 0 Å². The molecule has 0 aliphatic rings. The van der Waals surface area contributed by atoms with Crippen LogP contribution in [0, 0.1) is 0 Å². The molecule has 0 aromatic heterocycles. The zero-order valence-electron chi connectivity index (χ0n) is 6.90. The Kier molecular flexibility index (Phi) is 3.97. The number of nitrogens with zero attached hydrogens (tertiary/aromatic N) is 1. The quantitative estimate of drug-likeness (QED) is 0.536.